The monoisotopic (exact) mass is 728 g/mol. The molecule has 0 radical (unpaired) electrons. The Labute approximate surface area is 317 Å². The Kier molecular flexibility index (Phi) is 47.7. The van der Waals surface area contributed by atoms with E-state index in [2.05, 4.69) is 30.4 Å². The summed E-state index contributed by atoms with van der Waals surface area (Å²) in [5.74, 6) is 0.0129. The van der Waals surface area contributed by atoms with Crippen LogP contribution in [0, 0.1) is 0 Å². The fraction of sp³-hybridized carbons (Fsp3) is 0.955. The molecule has 7 nitrogen and oxygen atoms in total. The largest absolute Gasteiger partial charge is 0.468 e. The van der Waals surface area contributed by atoms with Gasteiger partial charge in [-0.25, -0.2) is 0 Å². The number of esters is 1. The van der Waals surface area contributed by atoms with Gasteiger partial charge in [-0.3, -0.25) is 9.59 Å². The summed E-state index contributed by atoms with van der Waals surface area (Å²) >= 11 is 0. The SMILES string of the molecule is CCCCCCCCC(CCCCCCCC)OC(=O)CCCCCCCN(CCO)CCCCCO.CCCCCCCCCCCOC=O. The van der Waals surface area contributed by atoms with E-state index in [1.54, 1.807) is 0 Å². The number of hydrogen-bond acceptors (Lipinski definition) is 7. The first-order valence-corrected chi connectivity index (χ1v) is 22.3. The van der Waals surface area contributed by atoms with Crippen LogP contribution in [-0.4, -0.2) is 73.1 Å². The Morgan fingerprint density at radius 1 is 0.510 bits per heavy atom. The van der Waals surface area contributed by atoms with E-state index in [9.17, 15) is 14.7 Å². The Bertz CT molecular complexity index is 648. The minimum Gasteiger partial charge on any atom is -0.468 e. The van der Waals surface area contributed by atoms with Gasteiger partial charge in [0.2, 0.25) is 0 Å². The minimum absolute atomic E-state index is 0.0129. The summed E-state index contributed by atoms with van der Waals surface area (Å²) in [6, 6.07) is 0. The summed E-state index contributed by atoms with van der Waals surface area (Å²) < 4.78 is 10.6. The van der Waals surface area contributed by atoms with Gasteiger partial charge in [0.25, 0.3) is 6.47 Å². The number of carbonyl (C=O) groups excluding carboxylic acids is 2. The first kappa shape index (κ1) is 51.9. The molecule has 0 aromatic heterocycles. The highest BCUT2D eigenvalue weighted by Crippen LogP contribution is 2.18. The normalized spacial score (nSPS) is 11.2. The lowest BCUT2D eigenvalue weighted by molar-refractivity contribution is -0.150. The molecular formula is C44H89NO6. The molecule has 0 aromatic carbocycles. The molecule has 0 bridgehead atoms. The van der Waals surface area contributed by atoms with Crippen molar-refractivity contribution in [2.24, 2.45) is 0 Å². The molecule has 0 fully saturated rings. The van der Waals surface area contributed by atoms with Crippen molar-refractivity contribution in [3.8, 4) is 0 Å². The van der Waals surface area contributed by atoms with Gasteiger partial charge in [-0.2, -0.15) is 0 Å². The van der Waals surface area contributed by atoms with Gasteiger partial charge in [0.15, 0.2) is 0 Å². The van der Waals surface area contributed by atoms with E-state index in [0.29, 0.717) is 19.5 Å². The molecule has 0 unspecified atom stereocenters. The number of ether oxygens (including phenoxy) is 2. The van der Waals surface area contributed by atoms with Gasteiger partial charge in [-0.05, 0) is 77.3 Å². The molecule has 0 saturated carbocycles. The lowest BCUT2D eigenvalue weighted by atomic mass is 10.0. The molecular weight excluding hydrogens is 638 g/mol. The maximum Gasteiger partial charge on any atom is 0.306 e. The highest BCUT2D eigenvalue weighted by molar-refractivity contribution is 5.69. The maximum atomic E-state index is 12.5. The van der Waals surface area contributed by atoms with Crippen LogP contribution in [0.15, 0.2) is 0 Å². The molecule has 0 aromatic rings. The molecule has 0 atom stereocenters. The summed E-state index contributed by atoms with van der Waals surface area (Å²) in [5.41, 5.74) is 0. The molecule has 0 aliphatic heterocycles. The smallest absolute Gasteiger partial charge is 0.306 e. The van der Waals surface area contributed by atoms with E-state index in [4.69, 9.17) is 9.84 Å². The van der Waals surface area contributed by atoms with Crippen molar-refractivity contribution in [1.29, 1.82) is 0 Å². The van der Waals surface area contributed by atoms with Crippen LogP contribution in [0.3, 0.4) is 0 Å². The van der Waals surface area contributed by atoms with E-state index in [1.807, 2.05) is 0 Å². The number of carbonyl (C=O) groups is 2. The minimum atomic E-state index is 0.0129. The average Bonchev–Trinajstić information content (AvgIpc) is 3.13. The van der Waals surface area contributed by atoms with Crippen molar-refractivity contribution < 1.29 is 29.3 Å². The summed E-state index contributed by atoms with van der Waals surface area (Å²) in [4.78, 5) is 24.7. The third-order valence-corrected chi connectivity index (χ3v) is 9.90. The second-order valence-corrected chi connectivity index (χ2v) is 14.9. The van der Waals surface area contributed by atoms with Crippen LogP contribution in [0.5, 0.6) is 0 Å². The van der Waals surface area contributed by atoms with E-state index in [-0.39, 0.29) is 25.3 Å². The molecule has 0 aliphatic carbocycles. The number of unbranched alkanes of at least 4 members (excludes halogenated alkanes) is 24. The Morgan fingerprint density at radius 3 is 1.37 bits per heavy atom. The molecule has 0 aliphatic rings. The highest BCUT2D eigenvalue weighted by Gasteiger charge is 2.14. The average molecular weight is 728 g/mol. The van der Waals surface area contributed by atoms with Gasteiger partial charge in [0.1, 0.15) is 6.10 Å². The van der Waals surface area contributed by atoms with E-state index in [1.165, 1.54) is 135 Å². The summed E-state index contributed by atoms with van der Waals surface area (Å²) in [6.07, 6.45) is 38.4. The first-order valence-electron chi connectivity index (χ1n) is 22.3. The first-order chi connectivity index (χ1) is 25.1. The molecule has 51 heavy (non-hydrogen) atoms. The predicted molar refractivity (Wildman–Crippen MR) is 217 cm³/mol. The van der Waals surface area contributed by atoms with E-state index >= 15 is 0 Å². The van der Waals surface area contributed by atoms with Crippen molar-refractivity contribution in [3.05, 3.63) is 0 Å². The van der Waals surface area contributed by atoms with Gasteiger partial charge in [-0.15, -0.1) is 0 Å². The highest BCUT2D eigenvalue weighted by atomic mass is 16.5. The Balaban J connectivity index is 0. The molecule has 0 rings (SSSR count). The van der Waals surface area contributed by atoms with Crippen LogP contribution >= 0.6 is 0 Å². The lowest BCUT2D eigenvalue weighted by Crippen LogP contribution is -2.29. The Hall–Kier alpha value is -1.18. The zero-order valence-corrected chi connectivity index (χ0v) is 34.5. The molecule has 7 heteroatoms. The second-order valence-electron chi connectivity index (χ2n) is 14.9. The van der Waals surface area contributed by atoms with Crippen molar-refractivity contribution in [1.82, 2.24) is 4.90 Å². The topological polar surface area (TPSA) is 96.3 Å². The molecule has 0 heterocycles. The van der Waals surface area contributed by atoms with Gasteiger partial charge in [0, 0.05) is 19.6 Å². The number of aliphatic hydroxyl groups excluding tert-OH is 2. The van der Waals surface area contributed by atoms with Crippen molar-refractivity contribution in [3.63, 3.8) is 0 Å². The molecule has 0 spiro atoms. The van der Waals surface area contributed by atoms with Crippen LogP contribution in [0.1, 0.15) is 226 Å². The van der Waals surface area contributed by atoms with Crippen molar-refractivity contribution in [2.45, 2.75) is 232 Å². The number of rotatable bonds is 41. The van der Waals surface area contributed by atoms with Crippen LogP contribution in [-0.2, 0) is 19.1 Å². The van der Waals surface area contributed by atoms with Gasteiger partial charge in [-0.1, -0.05) is 156 Å². The Morgan fingerprint density at radius 2 is 0.922 bits per heavy atom. The summed E-state index contributed by atoms with van der Waals surface area (Å²) in [7, 11) is 0. The van der Waals surface area contributed by atoms with Crippen LogP contribution in [0.25, 0.3) is 0 Å². The summed E-state index contributed by atoms with van der Waals surface area (Å²) in [6.45, 7) is 11.1. The zero-order chi connectivity index (χ0) is 37.7. The lowest BCUT2D eigenvalue weighted by Gasteiger charge is -2.21. The molecule has 0 amide bonds. The predicted octanol–water partition coefficient (Wildman–Crippen LogP) is 11.9. The van der Waals surface area contributed by atoms with Crippen LogP contribution < -0.4 is 0 Å². The number of hydrogen-bond donors (Lipinski definition) is 2. The van der Waals surface area contributed by atoms with Crippen molar-refractivity contribution in [2.75, 3.05) is 39.5 Å². The van der Waals surface area contributed by atoms with Crippen molar-refractivity contribution >= 4 is 12.4 Å². The third-order valence-electron chi connectivity index (χ3n) is 9.90. The number of nitrogens with zero attached hydrogens (tertiary/aromatic N) is 1. The fourth-order valence-corrected chi connectivity index (χ4v) is 6.59. The van der Waals surface area contributed by atoms with Crippen LogP contribution in [0.4, 0.5) is 0 Å². The standard InChI is InChI=1S/C32H65NO4.C12H24O2/c1-3-5-7-9-12-17-23-31(24-18-13-10-8-6-4-2)37-32(36)25-19-14-11-15-20-26-33(28-30-35)27-21-16-22-29-34;1-2-3-4-5-6-7-8-9-10-11-14-12-13/h31,34-35H,3-30H2,1-2H3;12H,2-11H2,1H3. The molecule has 306 valence electrons. The molecule has 0 saturated heterocycles. The zero-order valence-electron chi connectivity index (χ0n) is 34.5. The molecule has 2 N–H and O–H groups in total. The van der Waals surface area contributed by atoms with Gasteiger partial charge >= 0.3 is 5.97 Å². The summed E-state index contributed by atoms with van der Waals surface area (Å²) in [5, 5.41) is 18.2. The number of aliphatic hydroxyl groups is 2. The quantitative estimate of drug-likeness (QED) is 0.0368. The maximum absolute atomic E-state index is 12.5. The van der Waals surface area contributed by atoms with E-state index < -0.39 is 0 Å². The van der Waals surface area contributed by atoms with Crippen LogP contribution in [0.2, 0.25) is 0 Å². The third kappa shape index (κ3) is 44.9. The van der Waals surface area contributed by atoms with Gasteiger partial charge in [0.05, 0.1) is 13.2 Å². The fourth-order valence-electron chi connectivity index (χ4n) is 6.59. The second kappa shape index (κ2) is 46.8. The van der Waals surface area contributed by atoms with E-state index in [0.717, 1.165) is 83.8 Å². The van der Waals surface area contributed by atoms with Gasteiger partial charge < -0.3 is 24.6 Å².